The number of pyridine rings is 1. The highest BCUT2D eigenvalue weighted by Gasteiger charge is 2.13. The Bertz CT molecular complexity index is 605. The fraction of sp³-hybridized carbons (Fsp3) is 0.214. The fourth-order valence-corrected chi connectivity index (χ4v) is 2.04. The standard InChI is InChI=1S/C14H14ClN3O2/c1-10(12-4-6-16-7-5-12)17-9-11-2-3-13(15)14(8-11)18(19)20/h2-8,10,17H,9H2,1H3/t10-/m0/s1. The van der Waals surface area contributed by atoms with Crippen LogP contribution in [0.4, 0.5) is 5.69 Å². The van der Waals surface area contributed by atoms with Gasteiger partial charge in [-0.25, -0.2) is 0 Å². The van der Waals surface area contributed by atoms with Crippen molar-refractivity contribution in [2.24, 2.45) is 0 Å². The van der Waals surface area contributed by atoms with Gasteiger partial charge in [-0.3, -0.25) is 15.1 Å². The first kappa shape index (κ1) is 14.4. The molecule has 0 fully saturated rings. The van der Waals surface area contributed by atoms with E-state index in [9.17, 15) is 10.1 Å². The van der Waals surface area contributed by atoms with Crippen LogP contribution in [0.1, 0.15) is 24.1 Å². The quantitative estimate of drug-likeness (QED) is 0.676. The monoisotopic (exact) mass is 291 g/mol. The molecule has 6 heteroatoms. The van der Waals surface area contributed by atoms with Crippen molar-refractivity contribution in [2.75, 3.05) is 0 Å². The second-order valence-electron chi connectivity index (χ2n) is 4.43. The van der Waals surface area contributed by atoms with Crippen molar-refractivity contribution in [1.82, 2.24) is 10.3 Å². The molecule has 2 aromatic rings. The van der Waals surface area contributed by atoms with E-state index in [2.05, 4.69) is 10.3 Å². The Kier molecular flexibility index (Phi) is 4.65. The van der Waals surface area contributed by atoms with Crippen LogP contribution in [0.5, 0.6) is 0 Å². The molecule has 0 aliphatic rings. The molecule has 1 aromatic heterocycles. The molecule has 20 heavy (non-hydrogen) atoms. The maximum atomic E-state index is 10.8. The molecular weight excluding hydrogens is 278 g/mol. The summed E-state index contributed by atoms with van der Waals surface area (Å²) in [5.74, 6) is 0. The van der Waals surface area contributed by atoms with Crippen molar-refractivity contribution in [2.45, 2.75) is 19.5 Å². The SMILES string of the molecule is C[C@H](NCc1ccc(Cl)c([N+](=O)[O-])c1)c1ccncc1. The smallest absolute Gasteiger partial charge is 0.288 e. The Morgan fingerprint density at radius 2 is 2.05 bits per heavy atom. The summed E-state index contributed by atoms with van der Waals surface area (Å²) in [4.78, 5) is 14.3. The average Bonchev–Trinajstić information content (AvgIpc) is 2.46. The van der Waals surface area contributed by atoms with E-state index in [1.165, 1.54) is 6.07 Å². The van der Waals surface area contributed by atoms with Gasteiger partial charge in [-0.1, -0.05) is 17.7 Å². The van der Waals surface area contributed by atoms with Gasteiger partial charge in [-0.15, -0.1) is 0 Å². The first-order chi connectivity index (χ1) is 9.58. The second-order valence-corrected chi connectivity index (χ2v) is 4.83. The minimum absolute atomic E-state index is 0.0671. The normalized spacial score (nSPS) is 12.1. The van der Waals surface area contributed by atoms with Gasteiger partial charge < -0.3 is 5.32 Å². The maximum absolute atomic E-state index is 10.8. The van der Waals surface area contributed by atoms with Crippen molar-refractivity contribution in [3.8, 4) is 0 Å². The van der Waals surface area contributed by atoms with Crippen LogP contribution in [0.25, 0.3) is 0 Å². The van der Waals surface area contributed by atoms with Gasteiger partial charge >= 0.3 is 0 Å². The number of rotatable bonds is 5. The molecule has 1 heterocycles. The maximum Gasteiger partial charge on any atom is 0.288 e. The van der Waals surface area contributed by atoms with Crippen LogP contribution in [0.3, 0.4) is 0 Å². The van der Waals surface area contributed by atoms with E-state index < -0.39 is 4.92 Å². The van der Waals surface area contributed by atoms with Crippen molar-refractivity contribution < 1.29 is 4.92 Å². The van der Waals surface area contributed by atoms with Crippen molar-refractivity contribution in [1.29, 1.82) is 0 Å². The van der Waals surface area contributed by atoms with Crippen LogP contribution < -0.4 is 5.32 Å². The molecule has 1 aromatic carbocycles. The second kappa shape index (κ2) is 6.45. The number of nitro groups is 1. The van der Waals surface area contributed by atoms with E-state index in [-0.39, 0.29) is 16.8 Å². The van der Waals surface area contributed by atoms with Crippen molar-refractivity contribution in [3.05, 3.63) is 69.0 Å². The van der Waals surface area contributed by atoms with Gasteiger partial charge in [0.2, 0.25) is 0 Å². The number of hydrogen-bond acceptors (Lipinski definition) is 4. The summed E-state index contributed by atoms with van der Waals surface area (Å²) in [6.07, 6.45) is 3.47. The minimum Gasteiger partial charge on any atom is -0.306 e. The van der Waals surface area contributed by atoms with Crippen LogP contribution in [-0.2, 0) is 6.54 Å². The van der Waals surface area contributed by atoms with Crippen LogP contribution in [-0.4, -0.2) is 9.91 Å². The van der Waals surface area contributed by atoms with E-state index in [0.29, 0.717) is 6.54 Å². The zero-order valence-electron chi connectivity index (χ0n) is 10.9. The van der Waals surface area contributed by atoms with Gasteiger partial charge in [0.05, 0.1) is 4.92 Å². The lowest BCUT2D eigenvalue weighted by molar-refractivity contribution is -0.384. The molecule has 1 N–H and O–H groups in total. The van der Waals surface area contributed by atoms with E-state index in [0.717, 1.165) is 11.1 Å². The van der Waals surface area contributed by atoms with Gasteiger partial charge in [0.1, 0.15) is 5.02 Å². The van der Waals surface area contributed by atoms with E-state index in [4.69, 9.17) is 11.6 Å². The van der Waals surface area contributed by atoms with Crippen LogP contribution in [0.15, 0.2) is 42.7 Å². The third kappa shape index (κ3) is 3.53. The van der Waals surface area contributed by atoms with Crippen LogP contribution >= 0.6 is 11.6 Å². The number of halogens is 1. The van der Waals surface area contributed by atoms with Crippen LogP contribution in [0, 0.1) is 10.1 Å². The zero-order chi connectivity index (χ0) is 14.5. The Morgan fingerprint density at radius 1 is 1.35 bits per heavy atom. The summed E-state index contributed by atoms with van der Waals surface area (Å²) in [7, 11) is 0. The molecule has 1 atom stereocenters. The summed E-state index contributed by atoms with van der Waals surface area (Å²) >= 11 is 5.78. The van der Waals surface area contributed by atoms with Gasteiger partial charge in [-0.05, 0) is 36.2 Å². The molecule has 104 valence electrons. The number of nitrogens with one attached hydrogen (secondary N) is 1. The van der Waals surface area contributed by atoms with Gasteiger partial charge in [-0.2, -0.15) is 0 Å². The molecule has 0 saturated carbocycles. The molecule has 0 amide bonds. The third-order valence-electron chi connectivity index (χ3n) is 3.03. The molecule has 2 rings (SSSR count). The molecule has 0 aliphatic carbocycles. The summed E-state index contributed by atoms with van der Waals surface area (Å²) in [5.41, 5.74) is 1.87. The van der Waals surface area contributed by atoms with Crippen molar-refractivity contribution >= 4 is 17.3 Å². The summed E-state index contributed by atoms with van der Waals surface area (Å²) in [6.45, 7) is 2.56. The molecule has 5 nitrogen and oxygen atoms in total. The highest BCUT2D eigenvalue weighted by Crippen LogP contribution is 2.25. The van der Waals surface area contributed by atoms with Crippen molar-refractivity contribution in [3.63, 3.8) is 0 Å². The topological polar surface area (TPSA) is 68.1 Å². The Hall–Kier alpha value is -1.98. The highest BCUT2D eigenvalue weighted by atomic mass is 35.5. The molecule has 0 radical (unpaired) electrons. The minimum atomic E-state index is -0.474. The first-order valence-corrected chi connectivity index (χ1v) is 6.52. The molecule has 0 spiro atoms. The lowest BCUT2D eigenvalue weighted by atomic mass is 10.1. The number of benzene rings is 1. The van der Waals surface area contributed by atoms with Gasteiger partial charge in [0, 0.05) is 31.0 Å². The van der Waals surface area contributed by atoms with Crippen LogP contribution in [0.2, 0.25) is 5.02 Å². The summed E-state index contributed by atoms with van der Waals surface area (Å²) in [5, 5.41) is 14.3. The first-order valence-electron chi connectivity index (χ1n) is 6.14. The summed E-state index contributed by atoms with van der Waals surface area (Å²) in [6, 6.07) is 8.82. The van der Waals surface area contributed by atoms with E-state index >= 15 is 0 Å². The zero-order valence-corrected chi connectivity index (χ0v) is 11.7. The predicted octanol–water partition coefficient (Wildman–Crippen LogP) is 3.49. The Morgan fingerprint density at radius 3 is 2.70 bits per heavy atom. The predicted molar refractivity (Wildman–Crippen MR) is 77.6 cm³/mol. The third-order valence-corrected chi connectivity index (χ3v) is 3.35. The fourth-order valence-electron chi connectivity index (χ4n) is 1.85. The van der Waals surface area contributed by atoms with Gasteiger partial charge in [0.25, 0.3) is 5.69 Å². The lowest BCUT2D eigenvalue weighted by Crippen LogP contribution is -2.18. The molecule has 0 saturated heterocycles. The highest BCUT2D eigenvalue weighted by molar-refractivity contribution is 6.32. The van der Waals surface area contributed by atoms with E-state index in [1.807, 2.05) is 19.1 Å². The number of nitro benzene ring substituents is 1. The number of hydrogen-bond donors (Lipinski definition) is 1. The molecule has 0 unspecified atom stereocenters. The average molecular weight is 292 g/mol. The molecule has 0 bridgehead atoms. The van der Waals surface area contributed by atoms with E-state index in [1.54, 1.807) is 24.5 Å². The largest absolute Gasteiger partial charge is 0.306 e. The number of nitrogens with zero attached hydrogens (tertiary/aromatic N) is 2. The Balaban J connectivity index is 2.04. The molecular formula is C14H14ClN3O2. The summed E-state index contributed by atoms with van der Waals surface area (Å²) < 4.78 is 0. The van der Waals surface area contributed by atoms with Gasteiger partial charge in [0.15, 0.2) is 0 Å². The number of aromatic nitrogens is 1. The lowest BCUT2D eigenvalue weighted by Gasteiger charge is -2.14. The molecule has 0 aliphatic heterocycles. The Labute approximate surface area is 121 Å².